The van der Waals surface area contributed by atoms with E-state index < -0.39 is 0 Å². The van der Waals surface area contributed by atoms with Crippen LogP contribution in [0.4, 0.5) is 0 Å². The van der Waals surface area contributed by atoms with Crippen molar-refractivity contribution in [2.24, 2.45) is 29.1 Å². The number of carbonyl (C=O) groups is 1. The Hall–Kier alpha value is -0.830. The minimum atomic E-state index is -0.100. The first-order valence-corrected chi connectivity index (χ1v) is 13.7. The summed E-state index contributed by atoms with van der Waals surface area (Å²) in [5.74, 6) is 3.22. The highest BCUT2D eigenvalue weighted by atomic mass is 16.5. The van der Waals surface area contributed by atoms with E-state index >= 15 is 0 Å². The van der Waals surface area contributed by atoms with E-state index in [1.165, 1.54) is 58.5 Å². The summed E-state index contributed by atoms with van der Waals surface area (Å²) in [6.45, 7) is 15.3. The molecule has 2 saturated carbocycles. The lowest BCUT2D eigenvalue weighted by Crippen LogP contribution is -2.39. The summed E-state index contributed by atoms with van der Waals surface area (Å²) in [6.07, 6.45) is 18.0. The van der Waals surface area contributed by atoms with E-state index in [2.05, 4.69) is 32.9 Å². The summed E-state index contributed by atoms with van der Waals surface area (Å²) in [5.41, 5.74) is 0.440. The molecule has 2 aliphatic rings. The summed E-state index contributed by atoms with van der Waals surface area (Å²) >= 11 is 0. The van der Waals surface area contributed by atoms with Crippen molar-refractivity contribution in [3.8, 4) is 0 Å². The Bertz CT molecular complexity index is 495. The van der Waals surface area contributed by atoms with Gasteiger partial charge in [-0.3, -0.25) is 4.79 Å². The fourth-order valence-corrected chi connectivity index (χ4v) is 5.87. The molecule has 0 aromatic rings. The maximum absolute atomic E-state index is 11.2. The highest BCUT2D eigenvalue weighted by molar-refractivity contribution is 5.69. The first-order valence-electron chi connectivity index (χ1n) is 13.7. The second-order valence-electron chi connectivity index (χ2n) is 9.86. The number of esters is 1. The highest BCUT2D eigenvalue weighted by Gasteiger charge is 2.41. The van der Waals surface area contributed by atoms with Crippen LogP contribution in [0.5, 0.6) is 0 Å². The Morgan fingerprint density at radius 2 is 1.62 bits per heavy atom. The van der Waals surface area contributed by atoms with Gasteiger partial charge in [0.15, 0.2) is 0 Å². The van der Waals surface area contributed by atoms with Crippen molar-refractivity contribution in [3.05, 3.63) is 12.2 Å². The van der Waals surface area contributed by atoms with E-state index in [1.54, 1.807) is 0 Å². The van der Waals surface area contributed by atoms with Gasteiger partial charge in [-0.25, -0.2) is 0 Å². The monoisotopic (exact) mass is 452 g/mol. The molecule has 2 fully saturated rings. The van der Waals surface area contributed by atoms with E-state index in [0.717, 1.165) is 36.5 Å². The summed E-state index contributed by atoms with van der Waals surface area (Å²) in [7, 11) is 3.37. The van der Waals surface area contributed by atoms with Crippen LogP contribution in [0.2, 0.25) is 0 Å². The van der Waals surface area contributed by atoms with Gasteiger partial charge in [-0.2, -0.15) is 0 Å². The molecule has 0 aliphatic heterocycles. The molecular weight excluding hydrogens is 396 g/mol. The van der Waals surface area contributed by atoms with Crippen molar-refractivity contribution in [1.82, 2.24) is 0 Å². The van der Waals surface area contributed by atoms with Crippen LogP contribution in [0.3, 0.4) is 0 Å². The summed E-state index contributed by atoms with van der Waals surface area (Å²) in [6, 6.07) is 0. The molecule has 32 heavy (non-hydrogen) atoms. The molecule has 0 spiro atoms. The van der Waals surface area contributed by atoms with E-state index in [4.69, 9.17) is 9.47 Å². The zero-order valence-electron chi connectivity index (χ0n) is 23.0. The largest absolute Gasteiger partial charge is 0.469 e. The van der Waals surface area contributed by atoms with Crippen molar-refractivity contribution in [2.75, 3.05) is 14.2 Å². The van der Waals surface area contributed by atoms with E-state index in [1.807, 2.05) is 34.8 Å². The van der Waals surface area contributed by atoms with Crippen LogP contribution in [0.15, 0.2) is 12.2 Å². The Morgan fingerprint density at radius 1 is 1.00 bits per heavy atom. The first-order chi connectivity index (χ1) is 15.4. The summed E-state index contributed by atoms with van der Waals surface area (Å²) in [5, 5.41) is 0. The lowest BCUT2D eigenvalue weighted by atomic mass is 9.65. The van der Waals surface area contributed by atoms with Gasteiger partial charge in [-0.15, -0.1) is 0 Å². The summed E-state index contributed by atoms with van der Waals surface area (Å²) in [4.78, 5) is 11.2. The topological polar surface area (TPSA) is 35.5 Å². The van der Waals surface area contributed by atoms with Gasteiger partial charge < -0.3 is 9.47 Å². The molecule has 3 heteroatoms. The standard InChI is InChI=1S/C25H44O3.2C2H6/c1-19-18-20(2)22(13-10-14-23(27-4)25(3)16-11-17-25)21(19)12-8-6-7-9-15-24(26)28-5;2*1-2/h6,8,19-23H,7,9-18H2,1-5H3;2*1-2H3/b8-6-;;/t19?,20-,21+,22+,23?;;/m1../s1. The van der Waals surface area contributed by atoms with Crippen molar-refractivity contribution >= 4 is 5.97 Å². The molecule has 190 valence electrons. The van der Waals surface area contributed by atoms with Crippen molar-refractivity contribution in [3.63, 3.8) is 0 Å². The lowest BCUT2D eigenvalue weighted by Gasteiger charge is -2.44. The zero-order chi connectivity index (χ0) is 24.6. The molecule has 0 aromatic heterocycles. The van der Waals surface area contributed by atoms with Gasteiger partial charge in [0.05, 0.1) is 13.2 Å². The molecule has 0 N–H and O–H groups in total. The first kappa shape index (κ1) is 31.2. The van der Waals surface area contributed by atoms with Gasteiger partial charge in [0.2, 0.25) is 0 Å². The molecule has 0 radical (unpaired) electrons. The maximum Gasteiger partial charge on any atom is 0.305 e. The van der Waals surface area contributed by atoms with Crippen molar-refractivity contribution in [2.45, 2.75) is 125 Å². The highest BCUT2D eigenvalue weighted by Crippen LogP contribution is 2.48. The van der Waals surface area contributed by atoms with Gasteiger partial charge in [-0.1, -0.05) is 73.5 Å². The number of ether oxygens (including phenoxy) is 2. The molecule has 0 amide bonds. The van der Waals surface area contributed by atoms with Gasteiger partial charge in [0.1, 0.15) is 0 Å². The molecule has 5 atom stereocenters. The van der Waals surface area contributed by atoms with Crippen LogP contribution in [-0.2, 0) is 14.3 Å². The smallest absolute Gasteiger partial charge is 0.305 e. The lowest BCUT2D eigenvalue weighted by molar-refractivity contribution is -0.140. The van der Waals surface area contributed by atoms with Crippen LogP contribution >= 0.6 is 0 Å². The number of methoxy groups -OCH3 is 2. The number of hydrogen-bond donors (Lipinski definition) is 0. The second-order valence-corrected chi connectivity index (χ2v) is 9.86. The van der Waals surface area contributed by atoms with Gasteiger partial charge in [0.25, 0.3) is 0 Å². The fraction of sp³-hybridized carbons (Fsp3) is 0.897. The molecule has 2 rings (SSSR count). The third-order valence-corrected chi connectivity index (χ3v) is 7.87. The van der Waals surface area contributed by atoms with E-state index in [-0.39, 0.29) is 5.97 Å². The molecule has 0 heterocycles. The minimum Gasteiger partial charge on any atom is -0.469 e. The average Bonchev–Trinajstić information content (AvgIpc) is 3.06. The van der Waals surface area contributed by atoms with Crippen molar-refractivity contribution in [1.29, 1.82) is 0 Å². The van der Waals surface area contributed by atoms with Crippen LogP contribution in [0, 0.1) is 29.1 Å². The Balaban J connectivity index is 0.00000227. The Kier molecular flexibility index (Phi) is 17.2. The molecule has 2 aliphatic carbocycles. The molecule has 0 aromatic carbocycles. The molecule has 3 nitrogen and oxygen atoms in total. The maximum atomic E-state index is 11.2. The second kappa shape index (κ2) is 17.6. The zero-order valence-corrected chi connectivity index (χ0v) is 23.0. The van der Waals surface area contributed by atoms with Crippen LogP contribution in [0.25, 0.3) is 0 Å². The fourth-order valence-electron chi connectivity index (χ4n) is 5.87. The molecule has 2 unspecified atom stereocenters. The van der Waals surface area contributed by atoms with Gasteiger partial charge in [0, 0.05) is 13.5 Å². The van der Waals surface area contributed by atoms with Gasteiger partial charge >= 0.3 is 5.97 Å². The Morgan fingerprint density at radius 3 is 2.16 bits per heavy atom. The van der Waals surface area contributed by atoms with E-state index in [0.29, 0.717) is 17.9 Å². The van der Waals surface area contributed by atoms with Crippen LogP contribution in [0.1, 0.15) is 119 Å². The average molecular weight is 453 g/mol. The molecule has 0 bridgehead atoms. The molecular formula is C29H56O3. The Labute approximate surface area is 201 Å². The van der Waals surface area contributed by atoms with E-state index in [9.17, 15) is 4.79 Å². The number of rotatable bonds is 12. The minimum absolute atomic E-state index is 0.100. The van der Waals surface area contributed by atoms with Crippen LogP contribution in [-0.4, -0.2) is 26.3 Å². The van der Waals surface area contributed by atoms with Crippen molar-refractivity contribution < 1.29 is 14.3 Å². The number of unbranched alkanes of at least 4 members (excludes halogenated alkanes) is 1. The quantitative estimate of drug-likeness (QED) is 0.169. The number of hydrogen-bond acceptors (Lipinski definition) is 3. The van der Waals surface area contributed by atoms with Gasteiger partial charge in [-0.05, 0) is 80.5 Å². The third-order valence-electron chi connectivity index (χ3n) is 7.87. The normalized spacial score (nSPS) is 26.9. The summed E-state index contributed by atoms with van der Waals surface area (Å²) < 4.78 is 10.6. The SMILES string of the molecule is CC.CC.COC(=O)CCC/C=C\C[C@H]1C(C)C[C@@H](C)[C@@H]1CCCC(OC)C1(C)CCC1. The molecule has 0 saturated heterocycles. The third kappa shape index (κ3) is 9.98. The predicted molar refractivity (Wildman–Crippen MR) is 139 cm³/mol. The van der Waals surface area contributed by atoms with Crippen LogP contribution < -0.4 is 0 Å². The number of carbonyl (C=O) groups excluding carboxylic acids is 1. The number of allylic oxidation sites excluding steroid dienone is 2. The predicted octanol–water partition coefficient (Wildman–Crippen LogP) is 8.61.